The van der Waals surface area contributed by atoms with Gasteiger partial charge >= 0.3 is 5.69 Å². The minimum Gasteiger partial charge on any atom is -0.250 e. The first-order chi connectivity index (χ1) is 8.37. The molecule has 96 valence electrons. The molecule has 0 spiro atoms. The quantitative estimate of drug-likeness (QED) is 0.815. The molecule has 2 aromatic rings. The van der Waals surface area contributed by atoms with Gasteiger partial charge in [0.25, 0.3) is 0 Å². The minimum atomic E-state index is -0.0891. The largest absolute Gasteiger partial charge is 0.350 e. The van der Waals surface area contributed by atoms with E-state index in [1.807, 2.05) is 31.2 Å². The van der Waals surface area contributed by atoms with Gasteiger partial charge in [0, 0.05) is 0 Å². The summed E-state index contributed by atoms with van der Waals surface area (Å²) in [6.45, 7) is 8.90. The van der Waals surface area contributed by atoms with Crippen LogP contribution in [0.15, 0.2) is 35.4 Å². The first-order valence-corrected chi connectivity index (χ1v) is 6.08. The van der Waals surface area contributed by atoms with Crippen molar-refractivity contribution in [3.63, 3.8) is 0 Å². The molecule has 1 heterocycles. The van der Waals surface area contributed by atoms with Gasteiger partial charge in [-0.1, -0.05) is 38.5 Å². The Hall–Kier alpha value is -1.84. The highest BCUT2D eigenvalue weighted by molar-refractivity contribution is 5.33. The van der Waals surface area contributed by atoms with E-state index in [1.165, 1.54) is 10.2 Å². The highest BCUT2D eigenvalue weighted by Crippen LogP contribution is 2.14. The van der Waals surface area contributed by atoms with Crippen molar-refractivity contribution >= 4 is 0 Å². The number of aromatic nitrogens is 3. The van der Waals surface area contributed by atoms with E-state index in [9.17, 15) is 4.79 Å². The van der Waals surface area contributed by atoms with Crippen LogP contribution in [0.3, 0.4) is 0 Å². The van der Waals surface area contributed by atoms with Crippen molar-refractivity contribution in [3.8, 4) is 5.69 Å². The number of nitrogens with zero attached hydrogens (tertiary/aromatic N) is 3. The van der Waals surface area contributed by atoms with E-state index >= 15 is 0 Å². The van der Waals surface area contributed by atoms with Gasteiger partial charge in [0.15, 0.2) is 0 Å². The zero-order valence-electron chi connectivity index (χ0n) is 11.3. The average Bonchev–Trinajstić information content (AvgIpc) is 2.60. The summed E-state index contributed by atoms with van der Waals surface area (Å²) in [6.07, 6.45) is 1.58. The van der Waals surface area contributed by atoms with Crippen molar-refractivity contribution in [1.82, 2.24) is 14.3 Å². The Morgan fingerprint density at radius 2 is 1.78 bits per heavy atom. The summed E-state index contributed by atoms with van der Waals surface area (Å²) in [6, 6.07) is 7.84. The topological polar surface area (TPSA) is 39.8 Å². The van der Waals surface area contributed by atoms with Gasteiger partial charge in [-0.25, -0.2) is 14.0 Å². The van der Waals surface area contributed by atoms with E-state index in [2.05, 4.69) is 25.9 Å². The van der Waals surface area contributed by atoms with Crippen molar-refractivity contribution < 1.29 is 0 Å². The van der Waals surface area contributed by atoms with Crippen LogP contribution in [-0.4, -0.2) is 14.3 Å². The van der Waals surface area contributed by atoms with Crippen molar-refractivity contribution in [2.24, 2.45) is 5.41 Å². The van der Waals surface area contributed by atoms with Gasteiger partial charge in [0.2, 0.25) is 0 Å². The van der Waals surface area contributed by atoms with E-state index in [-0.39, 0.29) is 11.1 Å². The van der Waals surface area contributed by atoms with Crippen LogP contribution in [0.4, 0.5) is 0 Å². The zero-order valence-corrected chi connectivity index (χ0v) is 11.3. The maximum atomic E-state index is 12.2. The third-order valence-corrected chi connectivity index (χ3v) is 2.67. The molecule has 0 amide bonds. The first kappa shape index (κ1) is 12.6. The van der Waals surface area contributed by atoms with Gasteiger partial charge in [-0.3, -0.25) is 0 Å². The van der Waals surface area contributed by atoms with Crippen molar-refractivity contribution in [2.75, 3.05) is 0 Å². The van der Waals surface area contributed by atoms with Gasteiger partial charge in [-0.05, 0) is 24.5 Å². The van der Waals surface area contributed by atoms with Crippen LogP contribution in [-0.2, 0) is 6.54 Å². The molecule has 1 aromatic carbocycles. The second-order valence-corrected chi connectivity index (χ2v) is 5.84. The Bertz CT molecular complexity index is 585. The molecule has 0 N–H and O–H groups in total. The summed E-state index contributed by atoms with van der Waals surface area (Å²) < 4.78 is 3.09. The zero-order chi connectivity index (χ0) is 13.3. The van der Waals surface area contributed by atoms with Gasteiger partial charge in [0.1, 0.15) is 6.33 Å². The van der Waals surface area contributed by atoms with Crippen LogP contribution in [0, 0.1) is 12.3 Å². The van der Waals surface area contributed by atoms with E-state index in [0.717, 1.165) is 5.69 Å². The molecule has 0 aliphatic rings. The third-order valence-electron chi connectivity index (χ3n) is 2.67. The molecule has 1 aromatic heterocycles. The monoisotopic (exact) mass is 245 g/mol. The minimum absolute atomic E-state index is 0.0380. The van der Waals surface area contributed by atoms with Crippen LogP contribution in [0.2, 0.25) is 0 Å². The molecule has 0 aliphatic carbocycles. The van der Waals surface area contributed by atoms with Gasteiger partial charge in [-0.15, -0.1) is 0 Å². The lowest BCUT2D eigenvalue weighted by Gasteiger charge is -2.16. The summed E-state index contributed by atoms with van der Waals surface area (Å²) in [5, 5.41) is 4.17. The number of hydrogen-bond acceptors (Lipinski definition) is 2. The van der Waals surface area contributed by atoms with E-state index in [0.29, 0.717) is 6.54 Å². The maximum Gasteiger partial charge on any atom is 0.350 e. The smallest absolute Gasteiger partial charge is 0.250 e. The van der Waals surface area contributed by atoms with Gasteiger partial charge < -0.3 is 0 Å². The molecule has 0 unspecified atom stereocenters. The van der Waals surface area contributed by atoms with E-state index in [1.54, 1.807) is 10.9 Å². The Balaban J connectivity index is 2.37. The summed E-state index contributed by atoms with van der Waals surface area (Å²) in [4.78, 5) is 12.2. The van der Waals surface area contributed by atoms with Gasteiger partial charge in [-0.2, -0.15) is 5.10 Å². The van der Waals surface area contributed by atoms with Crippen molar-refractivity contribution in [2.45, 2.75) is 34.2 Å². The van der Waals surface area contributed by atoms with Crippen LogP contribution >= 0.6 is 0 Å². The summed E-state index contributed by atoms with van der Waals surface area (Å²) in [5.74, 6) is 0. The fourth-order valence-electron chi connectivity index (χ4n) is 1.78. The fourth-order valence-corrected chi connectivity index (χ4v) is 1.78. The lowest BCUT2D eigenvalue weighted by molar-refractivity contribution is 0.319. The summed E-state index contributed by atoms with van der Waals surface area (Å²) in [5.41, 5.74) is 1.98. The molecule has 0 fully saturated rings. The third kappa shape index (κ3) is 2.70. The molecule has 18 heavy (non-hydrogen) atoms. The first-order valence-electron chi connectivity index (χ1n) is 6.08. The normalized spacial score (nSPS) is 11.8. The second kappa shape index (κ2) is 4.44. The van der Waals surface area contributed by atoms with Crippen LogP contribution < -0.4 is 5.69 Å². The van der Waals surface area contributed by atoms with Crippen molar-refractivity contribution in [1.29, 1.82) is 0 Å². The highest BCUT2D eigenvalue weighted by Gasteiger charge is 2.15. The molecule has 0 saturated carbocycles. The number of aryl methyl sites for hydroxylation is 1. The summed E-state index contributed by atoms with van der Waals surface area (Å²) >= 11 is 0. The molecule has 2 rings (SSSR count). The summed E-state index contributed by atoms with van der Waals surface area (Å²) in [7, 11) is 0. The molecule has 0 radical (unpaired) electrons. The van der Waals surface area contributed by atoms with Gasteiger partial charge in [0.05, 0.1) is 12.2 Å². The molecule has 0 aliphatic heterocycles. The van der Waals surface area contributed by atoms with Crippen molar-refractivity contribution in [3.05, 3.63) is 46.6 Å². The van der Waals surface area contributed by atoms with Crippen LogP contribution in [0.1, 0.15) is 26.3 Å². The average molecular weight is 245 g/mol. The molecular formula is C14H19N3O. The Kier molecular flexibility index (Phi) is 3.11. The second-order valence-electron chi connectivity index (χ2n) is 5.84. The number of hydrogen-bond donors (Lipinski definition) is 0. The molecule has 0 atom stereocenters. The lowest BCUT2D eigenvalue weighted by atomic mass is 9.97. The van der Waals surface area contributed by atoms with E-state index < -0.39 is 0 Å². The predicted octanol–water partition coefficient (Wildman–Crippen LogP) is 2.39. The number of benzene rings is 1. The standard InChI is InChI=1S/C14H19N3O/c1-11-5-7-12(8-6-11)16-10-15-17(13(16)18)9-14(2,3)4/h5-8,10H,9H2,1-4H3. The fraction of sp³-hybridized carbons (Fsp3) is 0.429. The number of rotatable bonds is 2. The predicted molar refractivity (Wildman–Crippen MR) is 72.0 cm³/mol. The lowest BCUT2D eigenvalue weighted by Crippen LogP contribution is -2.29. The molecular weight excluding hydrogens is 226 g/mol. The Morgan fingerprint density at radius 1 is 1.17 bits per heavy atom. The van der Waals surface area contributed by atoms with E-state index in [4.69, 9.17) is 0 Å². The molecule has 0 bridgehead atoms. The maximum absolute atomic E-state index is 12.2. The molecule has 4 nitrogen and oxygen atoms in total. The SMILES string of the molecule is Cc1ccc(-n2cnn(CC(C)(C)C)c2=O)cc1. The highest BCUT2D eigenvalue weighted by atomic mass is 16.2. The molecule has 4 heteroatoms. The van der Waals surface area contributed by atoms with Crippen LogP contribution in [0.25, 0.3) is 5.69 Å². The van der Waals surface area contributed by atoms with Crippen LogP contribution in [0.5, 0.6) is 0 Å². The Morgan fingerprint density at radius 3 is 2.33 bits per heavy atom. The molecule has 0 saturated heterocycles. The Labute approximate surface area is 107 Å².